The van der Waals surface area contributed by atoms with Gasteiger partial charge >= 0.3 is 0 Å². The molecule has 0 aromatic rings. The second-order valence-corrected chi connectivity index (χ2v) is 4.03. The monoisotopic (exact) mass is 201 g/mol. The quantitative estimate of drug-likeness (QED) is 0.705. The normalized spacial score (nSPS) is 21.0. The molecule has 0 unspecified atom stereocenters. The smallest absolute Gasteiger partial charge is 0.0536 e. The lowest BCUT2D eigenvalue weighted by Gasteiger charge is -2.37. The molecular weight excluding hydrogens is 178 g/mol. The Hall–Kier alpha value is -0.120. The van der Waals surface area contributed by atoms with Gasteiger partial charge in [-0.25, -0.2) is 0 Å². The summed E-state index contributed by atoms with van der Waals surface area (Å²) in [4.78, 5) is 0. The first kappa shape index (κ1) is 12.0. The third kappa shape index (κ3) is 3.56. The number of nitrogens with one attached hydrogen (secondary N) is 1. The molecule has 1 N–H and O–H groups in total. The summed E-state index contributed by atoms with van der Waals surface area (Å²) in [6, 6.07) is 0. The Balaban J connectivity index is 2.39. The molecule has 1 saturated heterocycles. The third-order valence-corrected chi connectivity index (χ3v) is 2.92. The third-order valence-electron chi connectivity index (χ3n) is 2.92. The molecular formula is C11H23NO2. The lowest BCUT2D eigenvalue weighted by atomic mass is 9.81. The van der Waals surface area contributed by atoms with Gasteiger partial charge in [-0.05, 0) is 26.3 Å². The number of hydrogen-bond donors (Lipinski definition) is 1. The molecule has 1 fully saturated rings. The Morgan fingerprint density at radius 1 is 1.29 bits per heavy atom. The summed E-state index contributed by atoms with van der Waals surface area (Å²) in [7, 11) is 0. The van der Waals surface area contributed by atoms with Crippen LogP contribution >= 0.6 is 0 Å². The number of ether oxygens (including phenoxy) is 2. The molecule has 0 atom stereocenters. The first-order valence-electron chi connectivity index (χ1n) is 5.69. The summed E-state index contributed by atoms with van der Waals surface area (Å²) in [5.41, 5.74) is 0.324. The van der Waals surface area contributed by atoms with Crippen LogP contribution in [0.4, 0.5) is 0 Å². The van der Waals surface area contributed by atoms with E-state index < -0.39 is 0 Å². The van der Waals surface area contributed by atoms with Crippen LogP contribution < -0.4 is 5.32 Å². The lowest BCUT2D eigenvalue weighted by Crippen LogP contribution is -2.42. The Bertz CT molecular complexity index is 134. The van der Waals surface area contributed by atoms with Crippen molar-refractivity contribution >= 4 is 0 Å². The zero-order valence-electron chi connectivity index (χ0n) is 9.47. The van der Waals surface area contributed by atoms with E-state index in [1.54, 1.807) is 0 Å². The average molecular weight is 201 g/mol. The van der Waals surface area contributed by atoms with Crippen molar-refractivity contribution in [2.45, 2.75) is 26.7 Å². The van der Waals surface area contributed by atoms with Gasteiger partial charge in [-0.15, -0.1) is 0 Å². The Morgan fingerprint density at radius 2 is 2.00 bits per heavy atom. The van der Waals surface area contributed by atoms with E-state index in [9.17, 15) is 0 Å². The van der Waals surface area contributed by atoms with Gasteiger partial charge in [-0.2, -0.15) is 0 Å². The predicted molar refractivity (Wildman–Crippen MR) is 57.5 cm³/mol. The van der Waals surface area contributed by atoms with Crippen LogP contribution in [0.15, 0.2) is 0 Å². The zero-order valence-corrected chi connectivity index (χ0v) is 9.47. The van der Waals surface area contributed by atoms with Crippen molar-refractivity contribution in [2.75, 3.05) is 39.5 Å². The van der Waals surface area contributed by atoms with Crippen LogP contribution in [0, 0.1) is 5.41 Å². The summed E-state index contributed by atoms with van der Waals surface area (Å²) in [6.45, 7) is 9.76. The summed E-state index contributed by atoms with van der Waals surface area (Å²) in [5.74, 6) is 0. The van der Waals surface area contributed by atoms with Gasteiger partial charge < -0.3 is 14.8 Å². The van der Waals surface area contributed by atoms with E-state index in [4.69, 9.17) is 9.47 Å². The van der Waals surface area contributed by atoms with E-state index in [0.29, 0.717) is 5.41 Å². The molecule has 3 heteroatoms. The van der Waals surface area contributed by atoms with Gasteiger partial charge in [-0.3, -0.25) is 0 Å². The first-order chi connectivity index (χ1) is 6.83. The molecule has 1 aliphatic heterocycles. The van der Waals surface area contributed by atoms with Gasteiger partial charge in [0.2, 0.25) is 0 Å². The molecule has 14 heavy (non-hydrogen) atoms. The molecule has 84 valence electrons. The summed E-state index contributed by atoms with van der Waals surface area (Å²) in [5, 5.41) is 3.43. The van der Waals surface area contributed by atoms with Crippen molar-refractivity contribution < 1.29 is 9.47 Å². The highest BCUT2D eigenvalue weighted by Crippen LogP contribution is 2.30. The van der Waals surface area contributed by atoms with Gasteiger partial charge in [-0.1, -0.05) is 6.92 Å². The fraction of sp³-hybridized carbons (Fsp3) is 1.00. The maximum absolute atomic E-state index is 5.58. The van der Waals surface area contributed by atoms with E-state index in [1.165, 1.54) is 0 Å². The molecule has 1 rings (SSSR count). The van der Waals surface area contributed by atoms with E-state index >= 15 is 0 Å². The Labute approximate surface area is 87.2 Å². The Morgan fingerprint density at radius 3 is 2.57 bits per heavy atom. The SMILES string of the molecule is CCNCC1(COCC)CCOCC1. The van der Waals surface area contributed by atoms with E-state index in [1.807, 2.05) is 0 Å². The summed E-state index contributed by atoms with van der Waals surface area (Å²) in [6.07, 6.45) is 2.25. The van der Waals surface area contributed by atoms with Crippen molar-refractivity contribution in [2.24, 2.45) is 5.41 Å². The molecule has 0 bridgehead atoms. The van der Waals surface area contributed by atoms with Crippen molar-refractivity contribution in [1.29, 1.82) is 0 Å². The minimum atomic E-state index is 0.324. The first-order valence-corrected chi connectivity index (χ1v) is 5.69. The highest BCUT2D eigenvalue weighted by Gasteiger charge is 2.32. The van der Waals surface area contributed by atoms with Crippen molar-refractivity contribution in [3.63, 3.8) is 0 Å². The Kier molecular flexibility index (Phi) is 5.45. The zero-order chi connectivity index (χ0) is 10.3. The van der Waals surface area contributed by atoms with Gasteiger partial charge in [0, 0.05) is 31.8 Å². The molecule has 0 aromatic carbocycles. The van der Waals surface area contributed by atoms with Gasteiger partial charge in [0.1, 0.15) is 0 Å². The molecule has 1 heterocycles. The molecule has 1 aliphatic rings. The highest BCUT2D eigenvalue weighted by atomic mass is 16.5. The molecule has 0 aliphatic carbocycles. The van der Waals surface area contributed by atoms with Crippen LogP contribution in [0.25, 0.3) is 0 Å². The van der Waals surface area contributed by atoms with Crippen LogP contribution in [0.2, 0.25) is 0 Å². The fourth-order valence-electron chi connectivity index (χ4n) is 1.89. The largest absolute Gasteiger partial charge is 0.381 e. The van der Waals surface area contributed by atoms with E-state index in [0.717, 1.165) is 52.4 Å². The van der Waals surface area contributed by atoms with Crippen molar-refractivity contribution in [1.82, 2.24) is 5.32 Å². The standard InChI is InChI=1S/C11H23NO2/c1-3-12-9-11(10-13-4-2)5-7-14-8-6-11/h12H,3-10H2,1-2H3. The van der Waals surface area contributed by atoms with E-state index in [-0.39, 0.29) is 0 Å². The number of hydrogen-bond acceptors (Lipinski definition) is 3. The maximum Gasteiger partial charge on any atom is 0.0536 e. The van der Waals surface area contributed by atoms with Crippen LogP contribution in [0.1, 0.15) is 26.7 Å². The van der Waals surface area contributed by atoms with Gasteiger partial charge in [0.25, 0.3) is 0 Å². The predicted octanol–water partition coefficient (Wildman–Crippen LogP) is 1.43. The van der Waals surface area contributed by atoms with Crippen LogP contribution in [0.5, 0.6) is 0 Å². The molecule has 0 amide bonds. The van der Waals surface area contributed by atoms with Crippen LogP contribution in [0.3, 0.4) is 0 Å². The van der Waals surface area contributed by atoms with Crippen LogP contribution in [-0.4, -0.2) is 39.5 Å². The van der Waals surface area contributed by atoms with Gasteiger partial charge in [0.15, 0.2) is 0 Å². The topological polar surface area (TPSA) is 30.5 Å². The van der Waals surface area contributed by atoms with E-state index in [2.05, 4.69) is 19.2 Å². The minimum absolute atomic E-state index is 0.324. The molecule has 0 aromatic heterocycles. The van der Waals surface area contributed by atoms with Crippen LogP contribution in [-0.2, 0) is 9.47 Å². The van der Waals surface area contributed by atoms with Crippen molar-refractivity contribution in [3.8, 4) is 0 Å². The molecule has 0 radical (unpaired) electrons. The summed E-state index contributed by atoms with van der Waals surface area (Å²) >= 11 is 0. The molecule has 3 nitrogen and oxygen atoms in total. The second kappa shape index (κ2) is 6.38. The van der Waals surface area contributed by atoms with Crippen molar-refractivity contribution in [3.05, 3.63) is 0 Å². The lowest BCUT2D eigenvalue weighted by molar-refractivity contribution is -0.0359. The van der Waals surface area contributed by atoms with Gasteiger partial charge in [0.05, 0.1) is 6.61 Å². The fourth-order valence-corrected chi connectivity index (χ4v) is 1.89. The summed E-state index contributed by atoms with van der Waals surface area (Å²) < 4.78 is 11.0. The second-order valence-electron chi connectivity index (χ2n) is 4.03. The maximum atomic E-state index is 5.58. The minimum Gasteiger partial charge on any atom is -0.381 e. The molecule has 0 saturated carbocycles. The molecule has 0 spiro atoms. The average Bonchev–Trinajstić information content (AvgIpc) is 2.25. The highest BCUT2D eigenvalue weighted by molar-refractivity contribution is 4.83. The number of rotatable bonds is 6.